The standard InChI is InChI=1S/C13H18N4O2/c1-8-7-11(16-14-8)13(19)17-15-9(2)10-5-3-4-6-12(10)18/h3-6,8,11,14,16,18H,7H2,1-2H3,(H,17,19)/b15-9+. The van der Waals surface area contributed by atoms with Crippen molar-refractivity contribution in [3.8, 4) is 5.75 Å². The largest absolute Gasteiger partial charge is 0.507 e. The number of aromatic hydroxyl groups is 1. The monoisotopic (exact) mass is 262 g/mol. The van der Waals surface area contributed by atoms with Crippen LogP contribution in [0, 0.1) is 0 Å². The number of hydrazone groups is 1. The molecular formula is C13H18N4O2. The van der Waals surface area contributed by atoms with Gasteiger partial charge in [-0.15, -0.1) is 0 Å². The fraction of sp³-hybridized carbons (Fsp3) is 0.385. The first-order chi connectivity index (χ1) is 9.08. The van der Waals surface area contributed by atoms with Gasteiger partial charge >= 0.3 is 0 Å². The number of hydrogen-bond donors (Lipinski definition) is 4. The van der Waals surface area contributed by atoms with Crippen LogP contribution in [0.5, 0.6) is 5.75 Å². The van der Waals surface area contributed by atoms with Crippen LogP contribution in [0.4, 0.5) is 0 Å². The number of benzene rings is 1. The van der Waals surface area contributed by atoms with Gasteiger partial charge in [0.2, 0.25) is 0 Å². The molecule has 1 aliphatic rings. The normalized spacial score (nSPS) is 23.4. The van der Waals surface area contributed by atoms with Crippen molar-refractivity contribution in [2.75, 3.05) is 0 Å². The third kappa shape index (κ3) is 3.30. The van der Waals surface area contributed by atoms with Crippen LogP contribution < -0.4 is 16.3 Å². The molecule has 1 amide bonds. The minimum absolute atomic E-state index is 0.146. The molecule has 6 nitrogen and oxygen atoms in total. The molecule has 6 heteroatoms. The maximum Gasteiger partial charge on any atom is 0.258 e. The van der Waals surface area contributed by atoms with Gasteiger partial charge < -0.3 is 5.11 Å². The minimum Gasteiger partial charge on any atom is -0.507 e. The Kier molecular flexibility index (Phi) is 4.13. The van der Waals surface area contributed by atoms with Crippen molar-refractivity contribution in [2.45, 2.75) is 32.4 Å². The quantitative estimate of drug-likeness (QED) is 0.472. The molecule has 0 aromatic heterocycles. The Balaban J connectivity index is 1.99. The van der Waals surface area contributed by atoms with Gasteiger partial charge in [0, 0.05) is 11.6 Å². The molecule has 0 saturated carbocycles. The number of rotatable bonds is 3. The molecule has 1 saturated heterocycles. The summed E-state index contributed by atoms with van der Waals surface area (Å²) in [5.74, 6) is -0.0427. The Labute approximate surface area is 111 Å². The van der Waals surface area contributed by atoms with Gasteiger partial charge in [0.15, 0.2) is 0 Å². The van der Waals surface area contributed by atoms with Crippen molar-refractivity contribution >= 4 is 11.6 Å². The summed E-state index contributed by atoms with van der Waals surface area (Å²) in [4.78, 5) is 11.8. The van der Waals surface area contributed by atoms with Crippen molar-refractivity contribution in [3.63, 3.8) is 0 Å². The molecule has 0 aliphatic carbocycles. The second-order valence-electron chi connectivity index (χ2n) is 4.67. The lowest BCUT2D eigenvalue weighted by atomic mass is 10.1. The second kappa shape index (κ2) is 5.81. The summed E-state index contributed by atoms with van der Waals surface area (Å²) in [6, 6.07) is 6.85. The van der Waals surface area contributed by atoms with E-state index in [2.05, 4.69) is 21.4 Å². The first kappa shape index (κ1) is 13.5. The van der Waals surface area contributed by atoms with Gasteiger partial charge in [-0.2, -0.15) is 5.10 Å². The average Bonchev–Trinajstić information content (AvgIpc) is 2.83. The van der Waals surface area contributed by atoms with E-state index in [1.807, 2.05) is 6.92 Å². The summed E-state index contributed by atoms with van der Waals surface area (Å²) in [6.07, 6.45) is 0.719. The molecule has 1 aromatic carbocycles. The summed E-state index contributed by atoms with van der Waals surface area (Å²) in [7, 11) is 0. The Morgan fingerprint density at radius 2 is 2.16 bits per heavy atom. The lowest BCUT2D eigenvalue weighted by Crippen LogP contribution is -2.41. The number of hydrazine groups is 1. The third-order valence-corrected chi connectivity index (χ3v) is 3.04. The number of para-hydroxylation sites is 1. The number of hydrogen-bond acceptors (Lipinski definition) is 5. The van der Waals surface area contributed by atoms with E-state index in [9.17, 15) is 9.90 Å². The maximum atomic E-state index is 11.8. The summed E-state index contributed by atoms with van der Waals surface area (Å²) >= 11 is 0. The lowest BCUT2D eigenvalue weighted by Gasteiger charge is -2.08. The maximum absolute atomic E-state index is 11.8. The van der Waals surface area contributed by atoms with Crippen molar-refractivity contribution in [3.05, 3.63) is 29.8 Å². The van der Waals surface area contributed by atoms with E-state index >= 15 is 0 Å². The number of carbonyl (C=O) groups excluding carboxylic acids is 1. The number of phenols is 1. The fourth-order valence-electron chi connectivity index (χ4n) is 1.94. The molecular weight excluding hydrogens is 244 g/mol. The van der Waals surface area contributed by atoms with E-state index in [1.165, 1.54) is 0 Å². The first-order valence-corrected chi connectivity index (χ1v) is 6.21. The van der Waals surface area contributed by atoms with Crippen molar-refractivity contribution in [1.82, 2.24) is 16.3 Å². The molecule has 2 atom stereocenters. The Morgan fingerprint density at radius 1 is 1.42 bits per heavy atom. The number of amides is 1. The number of phenolic OH excluding ortho intramolecular Hbond substituents is 1. The van der Waals surface area contributed by atoms with Crippen LogP contribution in [0.3, 0.4) is 0 Å². The Hall–Kier alpha value is -1.92. The fourth-order valence-corrected chi connectivity index (χ4v) is 1.94. The number of carbonyl (C=O) groups is 1. The predicted molar refractivity (Wildman–Crippen MR) is 72.6 cm³/mol. The van der Waals surface area contributed by atoms with Crippen molar-refractivity contribution in [2.24, 2.45) is 5.10 Å². The first-order valence-electron chi connectivity index (χ1n) is 6.21. The average molecular weight is 262 g/mol. The highest BCUT2D eigenvalue weighted by Gasteiger charge is 2.26. The van der Waals surface area contributed by atoms with Crippen LogP contribution in [0.2, 0.25) is 0 Å². The van der Waals surface area contributed by atoms with Gasteiger partial charge in [0.05, 0.1) is 5.71 Å². The van der Waals surface area contributed by atoms with Crippen LogP contribution in [0.1, 0.15) is 25.8 Å². The predicted octanol–water partition coefficient (Wildman–Crippen LogP) is 0.487. The molecule has 1 aromatic rings. The zero-order chi connectivity index (χ0) is 13.8. The summed E-state index contributed by atoms with van der Waals surface area (Å²) in [5, 5.41) is 13.7. The molecule has 0 bridgehead atoms. The van der Waals surface area contributed by atoms with Crippen LogP contribution in [-0.2, 0) is 4.79 Å². The molecule has 1 heterocycles. The highest BCUT2D eigenvalue weighted by Crippen LogP contribution is 2.16. The van der Waals surface area contributed by atoms with E-state index in [1.54, 1.807) is 31.2 Å². The van der Waals surface area contributed by atoms with E-state index < -0.39 is 0 Å². The molecule has 1 fully saturated rings. The van der Waals surface area contributed by atoms with Gasteiger partial charge in [-0.05, 0) is 32.4 Å². The summed E-state index contributed by atoms with van der Waals surface area (Å²) in [5.41, 5.74) is 9.55. The number of nitrogens with zero attached hydrogens (tertiary/aromatic N) is 1. The molecule has 102 valence electrons. The van der Waals surface area contributed by atoms with Gasteiger partial charge in [-0.3, -0.25) is 10.2 Å². The Bertz CT molecular complexity index is 501. The topological polar surface area (TPSA) is 85.8 Å². The second-order valence-corrected chi connectivity index (χ2v) is 4.67. The van der Waals surface area contributed by atoms with E-state index in [0.29, 0.717) is 11.3 Å². The SMILES string of the molecule is C/C(=N\NC(=O)C1CC(C)NN1)c1ccccc1O. The van der Waals surface area contributed by atoms with Crippen LogP contribution in [0.25, 0.3) is 0 Å². The van der Waals surface area contributed by atoms with E-state index in [4.69, 9.17) is 0 Å². The summed E-state index contributed by atoms with van der Waals surface area (Å²) < 4.78 is 0. The smallest absolute Gasteiger partial charge is 0.258 e. The Morgan fingerprint density at radius 3 is 2.79 bits per heavy atom. The van der Waals surface area contributed by atoms with E-state index in [-0.39, 0.29) is 23.7 Å². The number of nitrogens with one attached hydrogen (secondary N) is 3. The highest BCUT2D eigenvalue weighted by atomic mass is 16.3. The zero-order valence-corrected chi connectivity index (χ0v) is 11.0. The molecule has 2 rings (SSSR count). The van der Waals surface area contributed by atoms with Crippen LogP contribution in [-0.4, -0.2) is 28.8 Å². The minimum atomic E-state index is -0.282. The van der Waals surface area contributed by atoms with Crippen molar-refractivity contribution < 1.29 is 9.90 Å². The zero-order valence-electron chi connectivity index (χ0n) is 11.0. The third-order valence-electron chi connectivity index (χ3n) is 3.04. The highest BCUT2D eigenvalue weighted by molar-refractivity contribution is 6.01. The molecule has 19 heavy (non-hydrogen) atoms. The molecule has 0 radical (unpaired) electrons. The van der Waals surface area contributed by atoms with Gasteiger partial charge in [-0.25, -0.2) is 10.9 Å². The van der Waals surface area contributed by atoms with Gasteiger partial charge in [0.1, 0.15) is 11.8 Å². The summed E-state index contributed by atoms with van der Waals surface area (Å²) in [6.45, 7) is 3.73. The molecule has 2 unspecified atom stereocenters. The van der Waals surface area contributed by atoms with Gasteiger partial charge in [-0.1, -0.05) is 12.1 Å². The van der Waals surface area contributed by atoms with E-state index in [0.717, 1.165) is 6.42 Å². The molecule has 4 N–H and O–H groups in total. The van der Waals surface area contributed by atoms with Crippen molar-refractivity contribution in [1.29, 1.82) is 0 Å². The van der Waals surface area contributed by atoms with Gasteiger partial charge in [0.25, 0.3) is 5.91 Å². The lowest BCUT2D eigenvalue weighted by molar-refractivity contribution is -0.122. The van der Waals surface area contributed by atoms with Crippen LogP contribution in [0.15, 0.2) is 29.4 Å². The molecule has 0 spiro atoms. The van der Waals surface area contributed by atoms with Crippen LogP contribution >= 0.6 is 0 Å². The molecule has 1 aliphatic heterocycles.